The molecule has 2 aliphatic heterocycles. The van der Waals surface area contributed by atoms with Crippen LogP contribution in [0, 0.1) is 0 Å². The van der Waals surface area contributed by atoms with Gasteiger partial charge in [0, 0.05) is 23.1 Å². The molecule has 2 aromatic rings. The van der Waals surface area contributed by atoms with Gasteiger partial charge in [0.25, 0.3) is 0 Å². The van der Waals surface area contributed by atoms with E-state index in [9.17, 15) is 0 Å². The van der Waals surface area contributed by atoms with Gasteiger partial charge in [-0.05, 0) is 58.1 Å². The number of piperidine rings is 1. The summed E-state index contributed by atoms with van der Waals surface area (Å²) in [5.74, 6) is 0. The molecule has 3 heterocycles. The largest absolute Gasteiger partial charge is 0.357 e. The molecule has 0 saturated carbocycles. The smallest absolute Gasteiger partial charge is 0.0636 e. The predicted molar refractivity (Wildman–Crippen MR) is 83.0 cm³/mol. The molecule has 0 amide bonds. The second-order valence-electron chi connectivity index (χ2n) is 6.53. The molecule has 0 atom stereocenters. The van der Waals surface area contributed by atoms with E-state index in [-0.39, 0.29) is 5.54 Å². The Morgan fingerprint density at radius 3 is 2.60 bits per heavy atom. The first-order chi connectivity index (χ1) is 9.71. The Morgan fingerprint density at radius 2 is 1.80 bits per heavy atom. The summed E-state index contributed by atoms with van der Waals surface area (Å²) in [7, 11) is 4.54. The van der Waals surface area contributed by atoms with Crippen LogP contribution in [-0.4, -0.2) is 48.5 Å². The molecular formula is C17H23N3. The van der Waals surface area contributed by atoms with Crippen molar-refractivity contribution in [1.82, 2.24) is 14.8 Å². The molecule has 3 nitrogen and oxygen atoms in total. The first kappa shape index (κ1) is 12.4. The van der Waals surface area contributed by atoms with Gasteiger partial charge < -0.3 is 9.88 Å². The molecule has 0 bridgehead atoms. The standard InChI is InChI=1S/C17H23N3/c1-19-11-8-17(9-12-19)16-14(7-10-20(17)2)13-5-3-4-6-15(13)18-16/h3-6,18H,7-12H2,1-2H3. The second-order valence-corrected chi connectivity index (χ2v) is 6.53. The molecule has 4 rings (SSSR count). The highest BCUT2D eigenvalue weighted by atomic mass is 15.2. The Bertz CT molecular complexity index is 635. The van der Waals surface area contributed by atoms with Crippen LogP contribution in [-0.2, 0) is 12.0 Å². The molecule has 0 unspecified atom stereocenters. The highest BCUT2D eigenvalue weighted by Gasteiger charge is 2.44. The quantitative estimate of drug-likeness (QED) is 0.794. The number of likely N-dealkylation sites (N-methyl/N-ethyl adjacent to an activating group) is 1. The Labute approximate surface area is 120 Å². The zero-order chi connectivity index (χ0) is 13.7. The minimum Gasteiger partial charge on any atom is -0.357 e. The van der Waals surface area contributed by atoms with Crippen LogP contribution < -0.4 is 0 Å². The van der Waals surface area contributed by atoms with E-state index in [1.165, 1.54) is 55.5 Å². The van der Waals surface area contributed by atoms with Crippen molar-refractivity contribution in [2.75, 3.05) is 33.7 Å². The number of fused-ring (bicyclic) bond motifs is 4. The van der Waals surface area contributed by atoms with Gasteiger partial charge in [-0.25, -0.2) is 0 Å². The third-order valence-corrected chi connectivity index (χ3v) is 5.52. The summed E-state index contributed by atoms with van der Waals surface area (Å²) < 4.78 is 0. The van der Waals surface area contributed by atoms with Gasteiger partial charge in [0.15, 0.2) is 0 Å². The van der Waals surface area contributed by atoms with Crippen molar-refractivity contribution in [3.63, 3.8) is 0 Å². The monoisotopic (exact) mass is 269 g/mol. The highest BCUT2D eigenvalue weighted by molar-refractivity contribution is 5.85. The molecule has 2 aliphatic rings. The number of hydrogen-bond acceptors (Lipinski definition) is 2. The molecule has 1 N–H and O–H groups in total. The van der Waals surface area contributed by atoms with E-state index in [4.69, 9.17) is 0 Å². The van der Waals surface area contributed by atoms with Gasteiger partial charge in [0.1, 0.15) is 0 Å². The zero-order valence-corrected chi connectivity index (χ0v) is 12.4. The number of rotatable bonds is 0. The van der Waals surface area contributed by atoms with E-state index in [0.717, 1.165) is 0 Å². The highest BCUT2D eigenvalue weighted by Crippen LogP contribution is 2.44. The zero-order valence-electron chi connectivity index (χ0n) is 12.4. The lowest BCUT2D eigenvalue weighted by atomic mass is 9.78. The van der Waals surface area contributed by atoms with Crippen molar-refractivity contribution in [2.45, 2.75) is 24.8 Å². The normalized spacial score (nSPS) is 23.3. The van der Waals surface area contributed by atoms with Gasteiger partial charge in [-0.3, -0.25) is 4.90 Å². The van der Waals surface area contributed by atoms with E-state index < -0.39 is 0 Å². The number of nitrogens with zero attached hydrogens (tertiary/aromatic N) is 2. The van der Waals surface area contributed by atoms with E-state index in [2.05, 4.69) is 53.1 Å². The van der Waals surface area contributed by atoms with Gasteiger partial charge in [0.2, 0.25) is 0 Å². The summed E-state index contributed by atoms with van der Waals surface area (Å²) in [6.07, 6.45) is 3.65. The molecule has 0 radical (unpaired) electrons. The van der Waals surface area contributed by atoms with E-state index in [0.29, 0.717) is 0 Å². The number of aromatic amines is 1. The second kappa shape index (κ2) is 4.34. The predicted octanol–water partition coefficient (Wildman–Crippen LogP) is 2.58. The van der Waals surface area contributed by atoms with Gasteiger partial charge in [-0.1, -0.05) is 18.2 Å². The lowest BCUT2D eigenvalue weighted by Crippen LogP contribution is -2.54. The summed E-state index contributed by atoms with van der Waals surface area (Å²) >= 11 is 0. The van der Waals surface area contributed by atoms with Gasteiger partial charge in [-0.2, -0.15) is 0 Å². The minimum absolute atomic E-state index is 0.235. The molecular weight excluding hydrogens is 246 g/mol. The fourth-order valence-corrected chi connectivity index (χ4v) is 4.16. The number of benzene rings is 1. The Balaban J connectivity index is 1.89. The average molecular weight is 269 g/mol. The molecule has 1 spiro atoms. The minimum atomic E-state index is 0.235. The maximum Gasteiger partial charge on any atom is 0.0636 e. The van der Waals surface area contributed by atoms with Crippen LogP contribution in [0.25, 0.3) is 10.9 Å². The number of aromatic nitrogens is 1. The lowest BCUT2D eigenvalue weighted by molar-refractivity contribution is 0.0331. The van der Waals surface area contributed by atoms with Crippen LogP contribution in [0.3, 0.4) is 0 Å². The maximum absolute atomic E-state index is 3.76. The van der Waals surface area contributed by atoms with Crippen LogP contribution >= 0.6 is 0 Å². The Morgan fingerprint density at radius 1 is 1.05 bits per heavy atom. The molecule has 1 saturated heterocycles. The summed E-state index contributed by atoms with van der Waals surface area (Å²) in [5.41, 5.74) is 4.62. The lowest BCUT2D eigenvalue weighted by Gasteiger charge is -2.49. The van der Waals surface area contributed by atoms with Crippen LogP contribution in [0.4, 0.5) is 0 Å². The molecule has 1 aromatic carbocycles. The molecule has 1 aromatic heterocycles. The number of hydrogen-bond donors (Lipinski definition) is 1. The van der Waals surface area contributed by atoms with E-state index >= 15 is 0 Å². The van der Waals surface area contributed by atoms with Gasteiger partial charge in [-0.15, -0.1) is 0 Å². The van der Waals surface area contributed by atoms with Crippen LogP contribution in [0.15, 0.2) is 24.3 Å². The van der Waals surface area contributed by atoms with Crippen molar-refractivity contribution in [1.29, 1.82) is 0 Å². The number of H-pyrrole nitrogens is 1. The van der Waals surface area contributed by atoms with Crippen molar-refractivity contribution in [3.8, 4) is 0 Å². The SMILES string of the molecule is CN1CCC2(CC1)c1[nH]c3ccccc3c1CCN2C. The van der Waals surface area contributed by atoms with Crippen LogP contribution in [0.1, 0.15) is 24.1 Å². The molecule has 1 fully saturated rings. The summed E-state index contributed by atoms with van der Waals surface area (Å²) in [6.45, 7) is 3.57. The first-order valence-electron chi connectivity index (χ1n) is 7.70. The summed E-state index contributed by atoms with van der Waals surface area (Å²) in [6, 6.07) is 8.79. The number of nitrogens with one attached hydrogen (secondary N) is 1. The average Bonchev–Trinajstić information content (AvgIpc) is 2.85. The van der Waals surface area contributed by atoms with Crippen molar-refractivity contribution in [2.24, 2.45) is 0 Å². The Hall–Kier alpha value is -1.32. The van der Waals surface area contributed by atoms with Crippen molar-refractivity contribution < 1.29 is 0 Å². The summed E-state index contributed by atoms with van der Waals surface area (Å²) in [5, 5.41) is 1.44. The van der Waals surface area contributed by atoms with E-state index in [1.54, 1.807) is 5.56 Å². The fraction of sp³-hybridized carbons (Fsp3) is 0.529. The topological polar surface area (TPSA) is 22.3 Å². The first-order valence-corrected chi connectivity index (χ1v) is 7.70. The number of para-hydroxylation sites is 1. The molecule has 0 aliphatic carbocycles. The van der Waals surface area contributed by atoms with Crippen molar-refractivity contribution in [3.05, 3.63) is 35.5 Å². The maximum atomic E-state index is 3.76. The third-order valence-electron chi connectivity index (χ3n) is 5.52. The van der Waals surface area contributed by atoms with E-state index in [1.807, 2.05) is 0 Å². The Kier molecular flexibility index (Phi) is 2.69. The fourth-order valence-electron chi connectivity index (χ4n) is 4.16. The van der Waals surface area contributed by atoms with Crippen LogP contribution in [0.2, 0.25) is 0 Å². The molecule has 3 heteroatoms. The molecule has 106 valence electrons. The molecule has 20 heavy (non-hydrogen) atoms. The van der Waals surface area contributed by atoms with Crippen LogP contribution in [0.5, 0.6) is 0 Å². The van der Waals surface area contributed by atoms with Gasteiger partial charge >= 0.3 is 0 Å². The third kappa shape index (κ3) is 1.60. The van der Waals surface area contributed by atoms with Gasteiger partial charge in [0.05, 0.1) is 5.54 Å². The summed E-state index contributed by atoms with van der Waals surface area (Å²) in [4.78, 5) is 8.81. The number of likely N-dealkylation sites (tertiary alicyclic amines) is 1. The van der Waals surface area contributed by atoms with Crippen molar-refractivity contribution >= 4 is 10.9 Å².